The summed E-state index contributed by atoms with van der Waals surface area (Å²) < 4.78 is 10.4. The average molecular weight is 285 g/mol. The molecule has 0 amide bonds. The maximum absolute atomic E-state index is 7.71. The van der Waals surface area contributed by atoms with E-state index < -0.39 is 0 Å². The van der Waals surface area contributed by atoms with Crippen LogP contribution in [0.15, 0.2) is 42.5 Å². The number of hydrogen-bond acceptors (Lipinski definition) is 4. The van der Waals surface area contributed by atoms with Crippen molar-refractivity contribution in [3.63, 3.8) is 0 Å². The predicted molar refractivity (Wildman–Crippen MR) is 85.1 cm³/mol. The lowest BCUT2D eigenvalue weighted by Crippen LogP contribution is -2.18. The van der Waals surface area contributed by atoms with Crippen molar-refractivity contribution in [1.29, 1.82) is 5.41 Å². The first-order chi connectivity index (χ1) is 10.1. The fourth-order valence-corrected chi connectivity index (χ4v) is 2.09. The summed E-state index contributed by atoms with van der Waals surface area (Å²) in [6.07, 6.45) is 0. The highest BCUT2D eigenvalue weighted by atomic mass is 16.5. The fraction of sp³-hybridized carbons (Fsp3) is 0.188. The second-order valence-electron chi connectivity index (χ2n) is 4.55. The van der Waals surface area contributed by atoms with Gasteiger partial charge in [0.1, 0.15) is 17.3 Å². The molecule has 0 saturated carbocycles. The molecule has 0 heterocycles. The molecule has 5 nitrogen and oxygen atoms in total. The molecule has 0 atom stereocenters. The van der Waals surface area contributed by atoms with Gasteiger partial charge in [-0.1, -0.05) is 0 Å². The molecule has 0 radical (unpaired) electrons. The summed E-state index contributed by atoms with van der Waals surface area (Å²) in [4.78, 5) is 1.96. The van der Waals surface area contributed by atoms with Gasteiger partial charge >= 0.3 is 0 Å². The van der Waals surface area contributed by atoms with E-state index in [2.05, 4.69) is 0 Å². The van der Waals surface area contributed by atoms with E-state index in [1.54, 1.807) is 26.4 Å². The zero-order chi connectivity index (χ0) is 15.4. The Morgan fingerprint density at radius 1 is 1.00 bits per heavy atom. The molecule has 0 fully saturated rings. The van der Waals surface area contributed by atoms with Gasteiger partial charge in [0.05, 0.1) is 19.9 Å². The molecule has 21 heavy (non-hydrogen) atoms. The van der Waals surface area contributed by atoms with Crippen molar-refractivity contribution in [3.05, 3.63) is 48.0 Å². The van der Waals surface area contributed by atoms with Gasteiger partial charge in [-0.05, 0) is 36.4 Å². The molecule has 0 bridgehead atoms. The third kappa shape index (κ3) is 3.08. The first-order valence-corrected chi connectivity index (χ1v) is 6.47. The van der Waals surface area contributed by atoms with E-state index in [0.29, 0.717) is 5.56 Å². The number of anilines is 2. The fourth-order valence-electron chi connectivity index (χ4n) is 2.09. The minimum absolute atomic E-state index is 0.0213. The smallest absolute Gasteiger partial charge is 0.124 e. The van der Waals surface area contributed by atoms with Gasteiger partial charge in [-0.3, -0.25) is 5.41 Å². The Morgan fingerprint density at radius 2 is 1.57 bits per heavy atom. The van der Waals surface area contributed by atoms with Crippen LogP contribution in [0.25, 0.3) is 0 Å². The van der Waals surface area contributed by atoms with Crippen LogP contribution in [-0.4, -0.2) is 27.1 Å². The highest BCUT2D eigenvalue weighted by Gasteiger charge is 2.13. The summed E-state index contributed by atoms with van der Waals surface area (Å²) in [5.41, 5.74) is 8.10. The summed E-state index contributed by atoms with van der Waals surface area (Å²) in [6, 6.07) is 13.1. The first kappa shape index (κ1) is 14.7. The molecule has 5 heteroatoms. The minimum Gasteiger partial charge on any atom is -0.497 e. The van der Waals surface area contributed by atoms with Gasteiger partial charge in [-0.15, -0.1) is 0 Å². The number of nitrogens with one attached hydrogen (secondary N) is 1. The van der Waals surface area contributed by atoms with Gasteiger partial charge in [0.2, 0.25) is 0 Å². The maximum atomic E-state index is 7.71. The number of ether oxygens (including phenoxy) is 2. The standard InChI is InChI=1S/C16H19N3O2/c1-19(11-4-6-12(20-2)7-5-11)15-10-13(21-3)8-9-14(15)16(17)18/h4-10H,1-3H3,(H3,17,18). The summed E-state index contributed by atoms with van der Waals surface area (Å²) >= 11 is 0. The third-order valence-corrected chi connectivity index (χ3v) is 3.32. The molecule has 0 aliphatic rings. The molecule has 110 valence electrons. The number of nitrogen functional groups attached to an aromatic ring is 1. The van der Waals surface area contributed by atoms with Crippen molar-refractivity contribution < 1.29 is 9.47 Å². The van der Waals surface area contributed by atoms with E-state index in [0.717, 1.165) is 22.9 Å². The Hall–Kier alpha value is -2.69. The van der Waals surface area contributed by atoms with Crippen molar-refractivity contribution in [2.45, 2.75) is 0 Å². The lowest BCUT2D eigenvalue weighted by molar-refractivity contribution is 0.414. The number of nitrogens with zero attached hydrogens (tertiary/aromatic N) is 1. The normalized spacial score (nSPS) is 10.0. The Balaban J connectivity index is 2.44. The van der Waals surface area contributed by atoms with Crippen molar-refractivity contribution in [1.82, 2.24) is 0 Å². The van der Waals surface area contributed by atoms with Gasteiger partial charge in [-0.2, -0.15) is 0 Å². The topological polar surface area (TPSA) is 71.6 Å². The zero-order valence-corrected chi connectivity index (χ0v) is 12.4. The maximum Gasteiger partial charge on any atom is 0.124 e. The van der Waals surface area contributed by atoms with E-state index in [4.69, 9.17) is 20.6 Å². The minimum atomic E-state index is 0.0213. The second kappa shape index (κ2) is 6.17. The summed E-state index contributed by atoms with van der Waals surface area (Å²) in [7, 11) is 5.16. The quantitative estimate of drug-likeness (QED) is 0.654. The van der Waals surface area contributed by atoms with E-state index in [9.17, 15) is 0 Å². The molecule has 3 N–H and O–H groups in total. The predicted octanol–water partition coefficient (Wildman–Crippen LogP) is 2.76. The molecule has 0 aliphatic carbocycles. The van der Waals surface area contributed by atoms with Crippen LogP contribution < -0.4 is 20.1 Å². The Labute approximate surface area is 124 Å². The van der Waals surface area contributed by atoms with Crippen LogP contribution >= 0.6 is 0 Å². The van der Waals surface area contributed by atoms with Crippen LogP contribution in [0.1, 0.15) is 5.56 Å². The molecule has 2 rings (SSSR count). The van der Waals surface area contributed by atoms with Crippen LogP contribution in [0.4, 0.5) is 11.4 Å². The molecule has 0 saturated heterocycles. The van der Waals surface area contributed by atoms with Crippen molar-refractivity contribution in [2.75, 3.05) is 26.2 Å². The highest BCUT2D eigenvalue weighted by Crippen LogP contribution is 2.31. The lowest BCUT2D eigenvalue weighted by Gasteiger charge is -2.23. The zero-order valence-electron chi connectivity index (χ0n) is 12.4. The number of hydrogen-bond donors (Lipinski definition) is 2. The number of nitrogens with two attached hydrogens (primary N) is 1. The summed E-state index contributed by atoms with van der Waals surface area (Å²) in [6.45, 7) is 0. The van der Waals surface area contributed by atoms with E-state index in [1.165, 1.54) is 0 Å². The van der Waals surface area contributed by atoms with Crippen LogP contribution in [0.5, 0.6) is 11.5 Å². The highest BCUT2D eigenvalue weighted by molar-refractivity contribution is 6.01. The molecular formula is C16H19N3O2. The second-order valence-corrected chi connectivity index (χ2v) is 4.55. The van der Waals surface area contributed by atoms with Crippen LogP contribution in [0.3, 0.4) is 0 Å². The molecule has 0 unspecified atom stereocenters. The molecular weight excluding hydrogens is 266 g/mol. The molecule has 2 aromatic rings. The van der Waals surface area contributed by atoms with Gasteiger partial charge in [-0.25, -0.2) is 0 Å². The Bertz CT molecular complexity index is 638. The average Bonchev–Trinajstić information content (AvgIpc) is 2.53. The SMILES string of the molecule is COc1ccc(N(C)c2cc(OC)ccc2C(=N)N)cc1. The van der Waals surface area contributed by atoms with Crippen molar-refractivity contribution in [2.24, 2.45) is 5.73 Å². The van der Waals surface area contributed by atoms with Gasteiger partial charge in [0.25, 0.3) is 0 Å². The first-order valence-electron chi connectivity index (χ1n) is 6.47. The van der Waals surface area contributed by atoms with Crippen LogP contribution in [0, 0.1) is 5.41 Å². The summed E-state index contributed by atoms with van der Waals surface area (Å²) in [5, 5.41) is 7.71. The Kier molecular flexibility index (Phi) is 4.33. The van der Waals surface area contributed by atoms with Crippen molar-refractivity contribution in [3.8, 4) is 11.5 Å². The lowest BCUT2D eigenvalue weighted by atomic mass is 10.1. The number of rotatable bonds is 5. The van der Waals surface area contributed by atoms with Crippen LogP contribution in [0.2, 0.25) is 0 Å². The Morgan fingerprint density at radius 3 is 2.10 bits per heavy atom. The number of benzene rings is 2. The van der Waals surface area contributed by atoms with Crippen molar-refractivity contribution >= 4 is 17.2 Å². The van der Waals surface area contributed by atoms with Gasteiger partial charge in [0.15, 0.2) is 0 Å². The third-order valence-electron chi connectivity index (χ3n) is 3.32. The van der Waals surface area contributed by atoms with Gasteiger partial charge < -0.3 is 20.1 Å². The summed E-state index contributed by atoms with van der Waals surface area (Å²) in [5.74, 6) is 1.54. The number of methoxy groups -OCH3 is 2. The monoisotopic (exact) mass is 285 g/mol. The molecule has 0 aliphatic heterocycles. The molecule has 0 aromatic heterocycles. The van der Waals surface area contributed by atoms with E-state index in [-0.39, 0.29) is 5.84 Å². The molecule has 0 spiro atoms. The number of amidine groups is 1. The van der Waals surface area contributed by atoms with E-state index >= 15 is 0 Å². The largest absolute Gasteiger partial charge is 0.497 e. The molecule has 2 aromatic carbocycles. The van der Waals surface area contributed by atoms with Gasteiger partial charge in [0, 0.05) is 24.4 Å². The van der Waals surface area contributed by atoms with E-state index in [1.807, 2.05) is 42.3 Å². The van der Waals surface area contributed by atoms with Crippen LogP contribution in [-0.2, 0) is 0 Å².